The van der Waals surface area contributed by atoms with Crippen molar-refractivity contribution in [1.82, 2.24) is 5.32 Å². The predicted octanol–water partition coefficient (Wildman–Crippen LogP) is 2.90. The van der Waals surface area contributed by atoms with Gasteiger partial charge < -0.3 is 28.4 Å². The molecule has 0 aromatic rings. The third-order valence-corrected chi connectivity index (χ3v) is 6.11. The summed E-state index contributed by atoms with van der Waals surface area (Å²) in [6.45, 7) is 8.05. The SMILES string of the molecule is CCOC(OCC)(OCC)O[SiH](CCCNC1CCCCC1)OC. The van der Waals surface area contributed by atoms with Gasteiger partial charge in [0.2, 0.25) is 0 Å². The highest BCUT2D eigenvalue weighted by atomic mass is 28.3. The molecule has 0 radical (unpaired) electrons. The Kier molecular flexibility index (Phi) is 12.1. The third-order valence-electron chi connectivity index (χ3n) is 4.16. The summed E-state index contributed by atoms with van der Waals surface area (Å²) < 4.78 is 28.5. The second-order valence-corrected chi connectivity index (χ2v) is 8.16. The van der Waals surface area contributed by atoms with E-state index in [2.05, 4.69) is 5.32 Å². The summed E-state index contributed by atoms with van der Waals surface area (Å²) in [5.74, 6) is 0. The molecule has 7 heteroatoms. The summed E-state index contributed by atoms with van der Waals surface area (Å²) in [5, 5.41) is 3.66. The summed E-state index contributed by atoms with van der Waals surface area (Å²) >= 11 is 0. The van der Waals surface area contributed by atoms with Crippen LogP contribution in [-0.2, 0) is 23.1 Å². The van der Waals surface area contributed by atoms with E-state index in [0.29, 0.717) is 25.9 Å². The van der Waals surface area contributed by atoms with Crippen molar-refractivity contribution in [3.05, 3.63) is 0 Å². The Balaban J connectivity index is 2.38. The number of rotatable bonds is 14. The number of hydrogen-bond donors (Lipinski definition) is 1. The minimum atomic E-state index is -1.92. The largest absolute Gasteiger partial charge is 0.404 e. The van der Waals surface area contributed by atoms with E-state index >= 15 is 0 Å². The van der Waals surface area contributed by atoms with Crippen LogP contribution in [0.3, 0.4) is 0 Å². The molecule has 144 valence electrons. The fourth-order valence-electron chi connectivity index (χ4n) is 3.02. The highest BCUT2D eigenvalue weighted by Gasteiger charge is 2.38. The van der Waals surface area contributed by atoms with Crippen LogP contribution in [0.5, 0.6) is 0 Å². The summed E-state index contributed by atoms with van der Waals surface area (Å²) in [6.07, 6.45) is 6.34. The lowest BCUT2D eigenvalue weighted by atomic mass is 9.95. The van der Waals surface area contributed by atoms with Gasteiger partial charge in [-0.15, -0.1) is 0 Å². The van der Waals surface area contributed by atoms with Gasteiger partial charge in [0, 0.05) is 13.2 Å². The Morgan fingerprint density at radius 1 is 0.958 bits per heavy atom. The van der Waals surface area contributed by atoms with Gasteiger partial charge in [-0.2, -0.15) is 0 Å². The summed E-state index contributed by atoms with van der Waals surface area (Å²) in [6, 6.07) is 1.59. The van der Waals surface area contributed by atoms with Crippen LogP contribution in [0.4, 0.5) is 0 Å². The zero-order valence-electron chi connectivity index (χ0n) is 16.0. The van der Waals surface area contributed by atoms with Crippen molar-refractivity contribution in [2.75, 3.05) is 33.5 Å². The van der Waals surface area contributed by atoms with E-state index < -0.39 is 15.4 Å². The minimum Gasteiger partial charge on any atom is -0.400 e. The van der Waals surface area contributed by atoms with Crippen molar-refractivity contribution in [2.45, 2.75) is 77.5 Å². The molecule has 1 rings (SSSR count). The number of hydrogen-bond acceptors (Lipinski definition) is 6. The predicted molar refractivity (Wildman–Crippen MR) is 97.2 cm³/mol. The number of nitrogens with one attached hydrogen (secondary N) is 1. The molecule has 0 spiro atoms. The van der Waals surface area contributed by atoms with E-state index in [9.17, 15) is 0 Å². The molecule has 0 heterocycles. The monoisotopic (exact) mass is 363 g/mol. The average molecular weight is 364 g/mol. The molecule has 1 saturated carbocycles. The lowest BCUT2D eigenvalue weighted by Gasteiger charge is -2.33. The first-order valence-corrected chi connectivity index (χ1v) is 11.3. The first kappa shape index (κ1) is 22.0. The highest BCUT2D eigenvalue weighted by Crippen LogP contribution is 2.21. The van der Waals surface area contributed by atoms with Gasteiger partial charge in [-0.05, 0) is 52.6 Å². The first-order valence-electron chi connectivity index (χ1n) is 9.55. The second-order valence-electron chi connectivity index (χ2n) is 6.01. The molecule has 1 atom stereocenters. The standard InChI is InChI=1S/C17H37NO5Si/c1-5-20-17(21-6-2,22-7-3)23-24(19-4)15-11-14-18-16-12-9-8-10-13-16/h16,18,24H,5-15H2,1-4H3. The van der Waals surface area contributed by atoms with Crippen LogP contribution in [0.2, 0.25) is 6.04 Å². The fourth-order valence-corrected chi connectivity index (χ4v) is 4.54. The summed E-state index contributed by atoms with van der Waals surface area (Å²) in [5.41, 5.74) is 0. The minimum absolute atomic E-state index is 0.452. The van der Waals surface area contributed by atoms with Gasteiger partial charge in [0.1, 0.15) is 0 Å². The molecule has 1 unspecified atom stereocenters. The quantitative estimate of drug-likeness (QED) is 0.291. The molecule has 0 saturated heterocycles. The molecule has 1 aliphatic carbocycles. The lowest BCUT2D eigenvalue weighted by Crippen LogP contribution is -2.47. The van der Waals surface area contributed by atoms with Crippen molar-refractivity contribution in [1.29, 1.82) is 0 Å². The van der Waals surface area contributed by atoms with Gasteiger partial charge in [-0.25, -0.2) is 0 Å². The summed E-state index contributed by atoms with van der Waals surface area (Å²) in [7, 11) is -0.227. The van der Waals surface area contributed by atoms with Crippen molar-refractivity contribution >= 4 is 9.28 Å². The molecular formula is C17H37NO5Si. The summed E-state index contributed by atoms with van der Waals surface area (Å²) in [4.78, 5) is 0. The first-order chi connectivity index (χ1) is 11.7. The van der Waals surface area contributed by atoms with Gasteiger partial charge in [-0.1, -0.05) is 19.3 Å². The molecule has 0 amide bonds. The molecule has 0 bridgehead atoms. The van der Waals surface area contributed by atoms with Gasteiger partial charge in [0.05, 0.1) is 19.8 Å². The van der Waals surface area contributed by atoms with Crippen LogP contribution in [0, 0.1) is 0 Å². The van der Waals surface area contributed by atoms with Gasteiger partial charge in [0.25, 0.3) is 0 Å². The molecule has 6 nitrogen and oxygen atoms in total. The van der Waals surface area contributed by atoms with E-state index in [1.54, 1.807) is 7.11 Å². The molecule has 0 aromatic heterocycles. The smallest absolute Gasteiger partial charge is 0.400 e. The molecule has 24 heavy (non-hydrogen) atoms. The maximum absolute atomic E-state index is 6.02. The zero-order valence-corrected chi connectivity index (χ0v) is 17.1. The van der Waals surface area contributed by atoms with E-state index in [-0.39, 0.29) is 0 Å². The zero-order chi connectivity index (χ0) is 17.7. The van der Waals surface area contributed by atoms with Crippen molar-refractivity contribution in [2.24, 2.45) is 0 Å². The Morgan fingerprint density at radius 2 is 1.54 bits per heavy atom. The van der Waals surface area contributed by atoms with E-state index in [1.807, 2.05) is 20.8 Å². The topological polar surface area (TPSA) is 58.2 Å². The Labute approximate surface area is 149 Å². The van der Waals surface area contributed by atoms with Gasteiger partial charge in [-0.3, -0.25) is 0 Å². The normalized spacial score (nSPS) is 18.0. The molecule has 0 aliphatic heterocycles. The average Bonchev–Trinajstić information content (AvgIpc) is 2.59. The Morgan fingerprint density at radius 3 is 2.04 bits per heavy atom. The van der Waals surface area contributed by atoms with Crippen molar-refractivity contribution in [3.63, 3.8) is 0 Å². The highest BCUT2D eigenvalue weighted by molar-refractivity contribution is 6.44. The van der Waals surface area contributed by atoms with Crippen molar-refractivity contribution < 1.29 is 23.1 Å². The van der Waals surface area contributed by atoms with E-state index in [4.69, 9.17) is 23.1 Å². The maximum atomic E-state index is 6.02. The Bertz CT molecular complexity index is 286. The van der Waals surface area contributed by atoms with Crippen molar-refractivity contribution in [3.8, 4) is 0 Å². The molecular weight excluding hydrogens is 326 g/mol. The van der Waals surface area contributed by atoms with E-state index in [1.165, 1.54) is 32.1 Å². The molecule has 1 aliphatic rings. The Hall–Kier alpha value is -0.0231. The fraction of sp³-hybridized carbons (Fsp3) is 1.00. The number of ether oxygens (including phenoxy) is 3. The molecule has 1 fully saturated rings. The molecule has 0 aromatic carbocycles. The van der Waals surface area contributed by atoms with Crippen LogP contribution in [0.25, 0.3) is 0 Å². The van der Waals surface area contributed by atoms with Crippen LogP contribution >= 0.6 is 0 Å². The lowest BCUT2D eigenvalue weighted by molar-refractivity contribution is -0.473. The van der Waals surface area contributed by atoms with E-state index in [0.717, 1.165) is 19.0 Å². The molecule has 1 N–H and O–H groups in total. The maximum Gasteiger partial charge on any atom is 0.404 e. The van der Waals surface area contributed by atoms with Crippen LogP contribution < -0.4 is 5.32 Å². The second kappa shape index (κ2) is 13.2. The van der Waals surface area contributed by atoms with Crippen LogP contribution in [0.1, 0.15) is 59.3 Å². The van der Waals surface area contributed by atoms with Crippen LogP contribution in [0.15, 0.2) is 0 Å². The van der Waals surface area contributed by atoms with Gasteiger partial charge in [0.15, 0.2) is 0 Å². The third kappa shape index (κ3) is 8.38. The van der Waals surface area contributed by atoms with Gasteiger partial charge >= 0.3 is 15.4 Å². The van der Waals surface area contributed by atoms with Crippen LogP contribution in [-0.4, -0.2) is 55.0 Å².